The first-order valence-corrected chi connectivity index (χ1v) is 6.26. The Kier molecular flexibility index (Phi) is 4.13. The van der Waals surface area contributed by atoms with Crippen molar-refractivity contribution >= 4 is 0 Å². The molecule has 2 N–H and O–H groups in total. The van der Waals surface area contributed by atoms with Crippen LogP contribution in [0.1, 0.15) is 36.9 Å². The molecule has 2 unspecified atom stereocenters. The Bertz CT molecular complexity index is 385. The normalized spacial score (nSPS) is 21.8. The number of nitrogens with one attached hydrogen (secondary N) is 2. The standard InChI is InChI=1S/C14H19N3/c1-11(17-14-3-2-8-16-10-14)13-6-4-12(9-15)5-7-13/h4-7,11,14,16-17H,2-3,8,10H2,1H3. The van der Waals surface area contributed by atoms with Gasteiger partial charge in [0.25, 0.3) is 0 Å². The summed E-state index contributed by atoms with van der Waals surface area (Å²) < 4.78 is 0. The molecule has 2 rings (SSSR count). The van der Waals surface area contributed by atoms with Gasteiger partial charge < -0.3 is 10.6 Å². The first-order chi connectivity index (χ1) is 8.29. The summed E-state index contributed by atoms with van der Waals surface area (Å²) in [6.07, 6.45) is 2.49. The van der Waals surface area contributed by atoms with E-state index in [9.17, 15) is 0 Å². The minimum atomic E-state index is 0.340. The minimum absolute atomic E-state index is 0.340. The van der Waals surface area contributed by atoms with Gasteiger partial charge in [0.2, 0.25) is 0 Å². The highest BCUT2D eigenvalue weighted by molar-refractivity contribution is 5.32. The van der Waals surface area contributed by atoms with Crippen molar-refractivity contribution in [3.05, 3.63) is 35.4 Å². The van der Waals surface area contributed by atoms with Crippen molar-refractivity contribution in [2.75, 3.05) is 13.1 Å². The van der Waals surface area contributed by atoms with E-state index in [1.54, 1.807) is 0 Å². The molecule has 1 fully saturated rings. The van der Waals surface area contributed by atoms with Crippen LogP contribution in [0.15, 0.2) is 24.3 Å². The maximum absolute atomic E-state index is 8.75. The first-order valence-electron chi connectivity index (χ1n) is 6.26. The lowest BCUT2D eigenvalue weighted by Crippen LogP contribution is -2.43. The van der Waals surface area contributed by atoms with Crippen molar-refractivity contribution in [3.63, 3.8) is 0 Å². The second-order valence-corrected chi connectivity index (χ2v) is 4.67. The maximum atomic E-state index is 8.75. The lowest BCUT2D eigenvalue weighted by atomic mass is 10.0. The molecule has 1 aromatic rings. The van der Waals surface area contributed by atoms with E-state index in [4.69, 9.17) is 5.26 Å². The van der Waals surface area contributed by atoms with E-state index >= 15 is 0 Å². The van der Waals surface area contributed by atoms with Crippen LogP contribution < -0.4 is 10.6 Å². The Labute approximate surface area is 103 Å². The molecule has 0 aromatic heterocycles. The van der Waals surface area contributed by atoms with Crippen LogP contribution in [0, 0.1) is 11.3 Å². The van der Waals surface area contributed by atoms with Crippen molar-refractivity contribution < 1.29 is 0 Å². The highest BCUT2D eigenvalue weighted by Crippen LogP contribution is 2.15. The summed E-state index contributed by atoms with van der Waals surface area (Å²) in [7, 11) is 0. The van der Waals surface area contributed by atoms with Crippen LogP contribution in [-0.2, 0) is 0 Å². The molecule has 2 atom stereocenters. The van der Waals surface area contributed by atoms with Gasteiger partial charge in [-0.1, -0.05) is 12.1 Å². The Morgan fingerprint density at radius 2 is 2.18 bits per heavy atom. The monoisotopic (exact) mass is 229 g/mol. The smallest absolute Gasteiger partial charge is 0.0991 e. The van der Waals surface area contributed by atoms with E-state index in [-0.39, 0.29) is 0 Å². The molecule has 0 aliphatic carbocycles. The van der Waals surface area contributed by atoms with Crippen molar-refractivity contribution in [1.29, 1.82) is 5.26 Å². The molecule has 1 heterocycles. The minimum Gasteiger partial charge on any atom is -0.315 e. The Morgan fingerprint density at radius 3 is 2.76 bits per heavy atom. The topological polar surface area (TPSA) is 47.8 Å². The molecule has 0 amide bonds. The maximum Gasteiger partial charge on any atom is 0.0991 e. The van der Waals surface area contributed by atoms with Gasteiger partial charge >= 0.3 is 0 Å². The SMILES string of the molecule is CC(NC1CCCNC1)c1ccc(C#N)cc1. The number of rotatable bonds is 3. The highest BCUT2D eigenvalue weighted by Gasteiger charge is 2.15. The van der Waals surface area contributed by atoms with Crippen LogP contribution in [0.25, 0.3) is 0 Å². The second kappa shape index (κ2) is 5.81. The molecule has 0 bridgehead atoms. The number of nitrogens with zero attached hydrogens (tertiary/aromatic N) is 1. The van der Waals surface area contributed by atoms with Gasteiger partial charge in [0, 0.05) is 18.6 Å². The van der Waals surface area contributed by atoms with Crippen molar-refractivity contribution in [1.82, 2.24) is 10.6 Å². The average Bonchev–Trinajstić information content (AvgIpc) is 2.40. The quantitative estimate of drug-likeness (QED) is 0.833. The fourth-order valence-electron chi connectivity index (χ4n) is 2.29. The van der Waals surface area contributed by atoms with Crippen molar-refractivity contribution in [2.45, 2.75) is 31.8 Å². The summed E-state index contributed by atoms with van der Waals surface area (Å²) >= 11 is 0. The molecular formula is C14H19N3. The molecule has 3 nitrogen and oxygen atoms in total. The Morgan fingerprint density at radius 1 is 1.41 bits per heavy atom. The van der Waals surface area contributed by atoms with Crippen molar-refractivity contribution in [2.24, 2.45) is 0 Å². The summed E-state index contributed by atoms with van der Waals surface area (Å²) in [6.45, 7) is 4.38. The predicted molar refractivity (Wildman–Crippen MR) is 68.6 cm³/mol. The van der Waals surface area contributed by atoms with E-state index in [2.05, 4.69) is 23.6 Å². The van der Waals surface area contributed by atoms with Gasteiger partial charge in [-0.2, -0.15) is 5.26 Å². The first kappa shape index (κ1) is 12.1. The van der Waals surface area contributed by atoms with Gasteiger partial charge in [0.15, 0.2) is 0 Å². The zero-order valence-electron chi connectivity index (χ0n) is 10.2. The molecule has 3 heteroatoms. The Hall–Kier alpha value is -1.37. The highest BCUT2D eigenvalue weighted by atomic mass is 15.0. The van der Waals surface area contributed by atoms with Crippen molar-refractivity contribution in [3.8, 4) is 6.07 Å². The fourth-order valence-corrected chi connectivity index (χ4v) is 2.29. The third-order valence-electron chi connectivity index (χ3n) is 3.32. The van der Waals surface area contributed by atoms with Crippen LogP contribution in [0.4, 0.5) is 0 Å². The summed E-state index contributed by atoms with van der Waals surface area (Å²) in [6, 6.07) is 10.9. The number of hydrogen-bond acceptors (Lipinski definition) is 3. The van der Waals surface area contributed by atoms with Crippen LogP contribution in [0.5, 0.6) is 0 Å². The molecule has 1 aliphatic heterocycles. The number of hydrogen-bond donors (Lipinski definition) is 2. The summed E-state index contributed by atoms with van der Waals surface area (Å²) in [5.41, 5.74) is 1.97. The average molecular weight is 229 g/mol. The molecule has 0 spiro atoms. The molecule has 17 heavy (non-hydrogen) atoms. The van der Waals surface area contributed by atoms with E-state index < -0.39 is 0 Å². The number of nitriles is 1. The van der Waals surface area contributed by atoms with E-state index in [1.807, 2.05) is 24.3 Å². The van der Waals surface area contributed by atoms with Gasteiger partial charge in [-0.25, -0.2) is 0 Å². The second-order valence-electron chi connectivity index (χ2n) is 4.67. The van der Waals surface area contributed by atoms with Gasteiger partial charge in [0.1, 0.15) is 0 Å². The van der Waals surface area contributed by atoms with Gasteiger partial charge in [-0.15, -0.1) is 0 Å². The van der Waals surface area contributed by atoms with E-state index in [1.165, 1.54) is 18.4 Å². The molecule has 1 saturated heterocycles. The summed E-state index contributed by atoms with van der Waals surface area (Å²) in [4.78, 5) is 0. The predicted octanol–water partition coefficient (Wildman–Crippen LogP) is 1.96. The van der Waals surface area contributed by atoms with Crippen LogP contribution in [0.3, 0.4) is 0 Å². The van der Waals surface area contributed by atoms with Crippen LogP contribution >= 0.6 is 0 Å². The molecule has 0 radical (unpaired) electrons. The molecular weight excluding hydrogens is 210 g/mol. The molecule has 0 saturated carbocycles. The largest absolute Gasteiger partial charge is 0.315 e. The summed E-state index contributed by atoms with van der Waals surface area (Å²) in [5, 5.41) is 15.8. The molecule has 1 aliphatic rings. The van der Waals surface area contributed by atoms with Crippen LogP contribution in [-0.4, -0.2) is 19.1 Å². The lowest BCUT2D eigenvalue weighted by molar-refractivity contribution is 0.362. The summed E-state index contributed by atoms with van der Waals surface area (Å²) in [5.74, 6) is 0. The third kappa shape index (κ3) is 3.29. The Balaban J connectivity index is 1.94. The zero-order chi connectivity index (χ0) is 12.1. The van der Waals surface area contributed by atoms with Gasteiger partial charge in [-0.3, -0.25) is 0 Å². The van der Waals surface area contributed by atoms with E-state index in [0.717, 1.165) is 18.7 Å². The van der Waals surface area contributed by atoms with Crippen LogP contribution in [0.2, 0.25) is 0 Å². The number of benzene rings is 1. The fraction of sp³-hybridized carbons (Fsp3) is 0.500. The molecule has 1 aromatic carbocycles. The van der Waals surface area contributed by atoms with E-state index in [0.29, 0.717) is 12.1 Å². The van der Waals surface area contributed by atoms with Gasteiger partial charge in [-0.05, 0) is 44.0 Å². The number of piperidine rings is 1. The third-order valence-corrected chi connectivity index (χ3v) is 3.32. The molecule has 90 valence electrons. The zero-order valence-corrected chi connectivity index (χ0v) is 10.2. The van der Waals surface area contributed by atoms with Gasteiger partial charge in [0.05, 0.1) is 11.6 Å². The lowest BCUT2D eigenvalue weighted by Gasteiger charge is -2.27.